The first kappa shape index (κ1) is 17.7. The van der Waals surface area contributed by atoms with E-state index in [1.807, 2.05) is 13.8 Å². The van der Waals surface area contributed by atoms with E-state index in [4.69, 9.17) is 5.73 Å². The molecule has 0 heterocycles. The molecule has 136 valence electrons. The smallest absolute Gasteiger partial charge is 0.239 e. The number of hydrogen-bond donors (Lipinski definition) is 3. The van der Waals surface area contributed by atoms with Crippen LogP contribution in [0.1, 0.15) is 58.8 Å². The molecule has 0 saturated heterocycles. The molecule has 4 N–H and O–H groups in total. The van der Waals surface area contributed by atoms with Gasteiger partial charge in [-0.2, -0.15) is 0 Å². The van der Waals surface area contributed by atoms with Gasteiger partial charge in [-0.25, -0.2) is 0 Å². The maximum atomic E-state index is 12.0. The fraction of sp³-hybridized carbons (Fsp3) is 0.895. The second kappa shape index (κ2) is 7.03. The van der Waals surface area contributed by atoms with Crippen LogP contribution >= 0.6 is 0 Å². The maximum absolute atomic E-state index is 12.0. The minimum absolute atomic E-state index is 0.0279. The van der Waals surface area contributed by atoms with E-state index in [1.165, 1.54) is 38.5 Å². The first-order chi connectivity index (χ1) is 11.4. The first-order valence-electron chi connectivity index (χ1n) is 9.67. The molecule has 24 heavy (non-hydrogen) atoms. The summed E-state index contributed by atoms with van der Waals surface area (Å²) < 4.78 is 0. The van der Waals surface area contributed by atoms with Crippen LogP contribution in [0, 0.1) is 29.1 Å². The second-order valence-electron chi connectivity index (χ2n) is 9.01. The predicted molar refractivity (Wildman–Crippen MR) is 94.1 cm³/mol. The highest BCUT2D eigenvalue weighted by molar-refractivity contribution is 5.87. The largest absolute Gasteiger partial charge is 0.355 e. The van der Waals surface area contributed by atoms with Crippen molar-refractivity contribution in [1.29, 1.82) is 0 Å². The Morgan fingerprint density at radius 1 is 1.04 bits per heavy atom. The van der Waals surface area contributed by atoms with Gasteiger partial charge in [-0.05, 0) is 74.0 Å². The SMILES string of the molecule is CC(C)[C@H](N)C(=O)NCC(=O)NCCC12CC3CC(CC(C3)C1)C2. The molecule has 0 unspecified atom stereocenters. The summed E-state index contributed by atoms with van der Waals surface area (Å²) in [6, 6.07) is -0.551. The molecule has 0 aliphatic heterocycles. The summed E-state index contributed by atoms with van der Waals surface area (Å²) in [5, 5.41) is 5.62. The number of carbonyl (C=O) groups excluding carboxylic acids is 2. The van der Waals surface area contributed by atoms with Crippen LogP contribution in [0.2, 0.25) is 0 Å². The molecule has 0 spiro atoms. The van der Waals surface area contributed by atoms with Crippen LogP contribution in [0.4, 0.5) is 0 Å². The van der Waals surface area contributed by atoms with E-state index in [2.05, 4.69) is 10.6 Å². The minimum atomic E-state index is -0.551. The molecule has 4 fully saturated rings. The summed E-state index contributed by atoms with van der Waals surface area (Å²) in [6.45, 7) is 4.56. The van der Waals surface area contributed by atoms with Crippen molar-refractivity contribution >= 4 is 11.8 Å². The van der Waals surface area contributed by atoms with Crippen molar-refractivity contribution in [3.63, 3.8) is 0 Å². The molecular formula is C19H33N3O2. The van der Waals surface area contributed by atoms with Gasteiger partial charge in [-0.3, -0.25) is 9.59 Å². The third-order valence-electron chi connectivity index (χ3n) is 6.59. The third kappa shape index (κ3) is 3.93. The fourth-order valence-corrected chi connectivity index (χ4v) is 5.71. The van der Waals surface area contributed by atoms with Crippen LogP contribution in [-0.2, 0) is 9.59 Å². The lowest BCUT2D eigenvalue weighted by Gasteiger charge is -2.57. The van der Waals surface area contributed by atoms with Gasteiger partial charge < -0.3 is 16.4 Å². The molecule has 0 radical (unpaired) electrons. The van der Waals surface area contributed by atoms with Crippen molar-refractivity contribution in [3.05, 3.63) is 0 Å². The summed E-state index contributed by atoms with van der Waals surface area (Å²) in [5.74, 6) is 2.56. The number of nitrogens with two attached hydrogens (primary N) is 1. The third-order valence-corrected chi connectivity index (χ3v) is 6.59. The number of amides is 2. The average molecular weight is 335 g/mol. The quantitative estimate of drug-likeness (QED) is 0.663. The summed E-state index contributed by atoms with van der Waals surface area (Å²) in [7, 11) is 0. The zero-order valence-corrected chi connectivity index (χ0v) is 15.1. The van der Waals surface area contributed by atoms with Crippen molar-refractivity contribution in [1.82, 2.24) is 10.6 Å². The molecule has 5 heteroatoms. The summed E-state index contributed by atoms with van der Waals surface area (Å²) in [4.78, 5) is 23.7. The molecular weight excluding hydrogens is 302 g/mol. The van der Waals surface area contributed by atoms with Crippen molar-refractivity contribution in [3.8, 4) is 0 Å². The highest BCUT2D eigenvalue weighted by Gasteiger charge is 2.50. The monoisotopic (exact) mass is 335 g/mol. The van der Waals surface area contributed by atoms with Gasteiger partial charge in [0.1, 0.15) is 0 Å². The van der Waals surface area contributed by atoms with E-state index in [1.54, 1.807) is 0 Å². The van der Waals surface area contributed by atoms with Crippen molar-refractivity contribution in [2.24, 2.45) is 34.8 Å². The normalized spacial score (nSPS) is 35.1. The Bertz CT molecular complexity index is 454. The Labute approximate surface area is 145 Å². The van der Waals surface area contributed by atoms with Gasteiger partial charge in [-0.1, -0.05) is 13.8 Å². The molecule has 2 amide bonds. The van der Waals surface area contributed by atoms with Crippen molar-refractivity contribution in [2.75, 3.05) is 13.1 Å². The van der Waals surface area contributed by atoms with Gasteiger partial charge in [0.2, 0.25) is 11.8 Å². The van der Waals surface area contributed by atoms with Crippen LogP contribution in [-0.4, -0.2) is 30.9 Å². The lowest BCUT2D eigenvalue weighted by Crippen LogP contribution is -2.49. The molecule has 0 aromatic heterocycles. The van der Waals surface area contributed by atoms with Gasteiger partial charge >= 0.3 is 0 Å². The van der Waals surface area contributed by atoms with Crippen LogP contribution in [0.5, 0.6) is 0 Å². The lowest BCUT2D eigenvalue weighted by molar-refractivity contribution is -0.127. The minimum Gasteiger partial charge on any atom is -0.355 e. The van der Waals surface area contributed by atoms with Gasteiger partial charge in [0, 0.05) is 6.54 Å². The highest BCUT2D eigenvalue weighted by atomic mass is 16.2. The van der Waals surface area contributed by atoms with E-state index in [9.17, 15) is 9.59 Å². The van der Waals surface area contributed by atoms with E-state index < -0.39 is 6.04 Å². The second-order valence-corrected chi connectivity index (χ2v) is 9.01. The summed E-state index contributed by atoms with van der Waals surface area (Å²) in [5.41, 5.74) is 6.26. The molecule has 4 aliphatic rings. The predicted octanol–water partition coefficient (Wildman–Crippen LogP) is 1.81. The van der Waals surface area contributed by atoms with E-state index >= 15 is 0 Å². The molecule has 4 aliphatic carbocycles. The van der Waals surface area contributed by atoms with Crippen molar-refractivity contribution in [2.45, 2.75) is 64.8 Å². The Kier molecular flexibility index (Phi) is 5.19. The molecule has 5 nitrogen and oxygen atoms in total. The topological polar surface area (TPSA) is 84.2 Å². The molecule has 0 aromatic carbocycles. The Morgan fingerprint density at radius 2 is 1.58 bits per heavy atom. The lowest BCUT2D eigenvalue weighted by atomic mass is 9.49. The number of hydrogen-bond acceptors (Lipinski definition) is 3. The number of rotatable bonds is 7. The number of carbonyl (C=O) groups is 2. The number of nitrogens with one attached hydrogen (secondary N) is 2. The standard InChI is InChI=1S/C19H33N3O2/c1-12(2)17(20)18(24)22-11-16(23)21-4-3-19-8-13-5-14(9-19)7-15(6-13)10-19/h12-15,17H,3-11,20H2,1-2H3,(H,21,23)(H,22,24)/t13?,14?,15?,17-,19?/m0/s1. The van der Waals surface area contributed by atoms with Crippen LogP contribution < -0.4 is 16.4 Å². The summed E-state index contributed by atoms with van der Waals surface area (Å²) in [6.07, 6.45) is 9.56. The molecule has 1 atom stereocenters. The van der Waals surface area contributed by atoms with Gasteiger partial charge in [-0.15, -0.1) is 0 Å². The zero-order valence-electron chi connectivity index (χ0n) is 15.1. The Morgan fingerprint density at radius 3 is 2.08 bits per heavy atom. The molecule has 4 rings (SSSR count). The first-order valence-corrected chi connectivity index (χ1v) is 9.67. The van der Waals surface area contributed by atoms with Crippen molar-refractivity contribution < 1.29 is 9.59 Å². The van der Waals surface area contributed by atoms with E-state index in [0.717, 1.165) is 30.7 Å². The summed E-state index contributed by atoms with van der Waals surface area (Å²) >= 11 is 0. The zero-order chi connectivity index (χ0) is 17.3. The average Bonchev–Trinajstić information content (AvgIpc) is 2.50. The van der Waals surface area contributed by atoms with E-state index in [0.29, 0.717) is 5.41 Å². The Hall–Kier alpha value is -1.10. The fourth-order valence-electron chi connectivity index (χ4n) is 5.71. The molecule has 4 bridgehead atoms. The maximum Gasteiger partial charge on any atom is 0.239 e. The Balaban J connectivity index is 1.37. The van der Waals surface area contributed by atoms with Crippen LogP contribution in [0.15, 0.2) is 0 Å². The van der Waals surface area contributed by atoms with Gasteiger partial charge in [0.05, 0.1) is 12.6 Å². The van der Waals surface area contributed by atoms with Crippen LogP contribution in [0.3, 0.4) is 0 Å². The van der Waals surface area contributed by atoms with Crippen LogP contribution in [0.25, 0.3) is 0 Å². The van der Waals surface area contributed by atoms with Gasteiger partial charge in [0.15, 0.2) is 0 Å². The molecule has 0 aromatic rings. The molecule has 4 saturated carbocycles. The van der Waals surface area contributed by atoms with Gasteiger partial charge in [0.25, 0.3) is 0 Å². The van der Waals surface area contributed by atoms with E-state index in [-0.39, 0.29) is 24.3 Å². The highest BCUT2D eigenvalue weighted by Crippen LogP contribution is 2.61.